The molecule has 1 N–H and O–H groups in total. The minimum absolute atomic E-state index is 0.00796. The molecule has 3 rings (SSSR count). The van der Waals surface area contributed by atoms with Crippen LogP contribution in [0.25, 0.3) is 0 Å². The summed E-state index contributed by atoms with van der Waals surface area (Å²) in [6, 6.07) is 21.0. The lowest BCUT2D eigenvalue weighted by Gasteiger charge is -2.15. The van der Waals surface area contributed by atoms with Gasteiger partial charge in [0.1, 0.15) is 0 Å². The molecular formula is C15H16BNO. The molecule has 2 atom stereocenters. The van der Waals surface area contributed by atoms with Crippen LogP contribution in [0.2, 0.25) is 0 Å². The monoisotopic (exact) mass is 237 g/mol. The van der Waals surface area contributed by atoms with Crippen molar-refractivity contribution in [3.63, 3.8) is 0 Å². The zero-order chi connectivity index (χ0) is 12.4. The van der Waals surface area contributed by atoms with Gasteiger partial charge in [0.05, 0.1) is 6.10 Å². The first-order valence-electron chi connectivity index (χ1n) is 6.36. The molecule has 0 aromatic heterocycles. The van der Waals surface area contributed by atoms with Crippen LogP contribution in [0.5, 0.6) is 0 Å². The molecule has 3 heteroatoms. The van der Waals surface area contributed by atoms with Crippen LogP contribution in [0.4, 0.5) is 0 Å². The van der Waals surface area contributed by atoms with Crippen molar-refractivity contribution >= 4 is 12.5 Å². The highest BCUT2D eigenvalue weighted by atomic mass is 16.5. The molecule has 18 heavy (non-hydrogen) atoms. The molecule has 2 nitrogen and oxygen atoms in total. The van der Waals surface area contributed by atoms with Crippen molar-refractivity contribution in [1.29, 1.82) is 0 Å². The Morgan fingerprint density at radius 1 is 0.944 bits per heavy atom. The van der Waals surface area contributed by atoms with Crippen LogP contribution in [0.15, 0.2) is 60.7 Å². The first kappa shape index (κ1) is 11.5. The minimum Gasteiger partial charge on any atom is -0.409 e. The number of benzene rings is 2. The molecule has 1 aliphatic heterocycles. The van der Waals surface area contributed by atoms with Gasteiger partial charge < -0.3 is 9.88 Å². The van der Waals surface area contributed by atoms with E-state index in [0.717, 1.165) is 0 Å². The largest absolute Gasteiger partial charge is 0.416 e. The Hall–Kier alpha value is -1.58. The highest BCUT2D eigenvalue weighted by molar-refractivity contribution is 6.65. The molecular weight excluding hydrogens is 221 g/mol. The van der Waals surface area contributed by atoms with Gasteiger partial charge in [-0.15, -0.1) is 0 Å². The molecule has 1 fully saturated rings. The molecule has 0 saturated carbocycles. The number of rotatable bonds is 2. The maximum Gasteiger partial charge on any atom is 0.416 e. The lowest BCUT2D eigenvalue weighted by atomic mass is 9.74. The van der Waals surface area contributed by atoms with Gasteiger partial charge in [0, 0.05) is 6.04 Å². The van der Waals surface area contributed by atoms with Gasteiger partial charge in [-0.3, -0.25) is 0 Å². The van der Waals surface area contributed by atoms with Crippen molar-refractivity contribution in [1.82, 2.24) is 5.23 Å². The second-order valence-electron chi connectivity index (χ2n) is 4.71. The summed E-state index contributed by atoms with van der Waals surface area (Å²) >= 11 is 0. The van der Waals surface area contributed by atoms with Crippen molar-refractivity contribution in [2.75, 3.05) is 0 Å². The maximum atomic E-state index is 6.13. The first-order valence-corrected chi connectivity index (χ1v) is 6.36. The second kappa shape index (κ2) is 4.97. The minimum atomic E-state index is -0.00796. The lowest BCUT2D eigenvalue weighted by molar-refractivity contribution is 0.223. The van der Waals surface area contributed by atoms with Crippen molar-refractivity contribution in [3.8, 4) is 0 Å². The first-order chi connectivity index (χ1) is 8.84. The van der Waals surface area contributed by atoms with E-state index in [2.05, 4.69) is 48.5 Å². The molecule has 1 heterocycles. The molecule has 0 spiro atoms. The summed E-state index contributed by atoms with van der Waals surface area (Å²) in [4.78, 5) is 0. The van der Waals surface area contributed by atoms with Crippen LogP contribution < -0.4 is 10.7 Å². The van der Waals surface area contributed by atoms with Gasteiger partial charge in [-0.1, -0.05) is 60.7 Å². The SMILES string of the molecule is C[C@H]1NB(c2ccccc2)O[C@@H]1c1ccccc1. The van der Waals surface area contributed by atoms with E-state index < -0.39 is 0 Å². The van der Waals surface area contributed by atoms with E-state index in [1.807, 2.05) is 24.3 Å². The zero-order valence-electron chi connectivity index (χ0n) is 10.4. The number of nitrogens with one attached hydrogen (secondary N) is 1. The highest BCUT2D eigenvalue weighted by Crippen LogP contribution is 2.26. The highest BCUT2D eigenvalue weighted by Gasteiger charge is 2.36. The molecule has 2 aromatic rings. The Bertz CT molecular complexity index is 502. The Morgan fingerprint density at radius 2 is 1.56 bits per heavy atom. The predicted molar refractivity (Wildman–Crippen MR) is 74.7 cm³/mol. The fourth-order valence-electron chi connectivity index (χ4n) is 2.44. The van der Waals surface area contributed by atoms with E-state index in [1.54, 1.807) is 0 Å². The molecule has 0 unspecified atom stereocenters. The van der Waals surface area contributed by atoms with E-state index in [1.165, 1.54) is 11.0 Å². The van der Waals surface area contributed by atoms with Crippen molar-refractivity contribution in [3.05, 3.63) is 66.2 Å². The molecule has 90 valence electrons. The van der Waals surface area contributed by atoms with Crippen LogP contribution in [-0.4, -0.2) is 13.1 Å². The van der Waals surface area contributed by atoms with Crippen molar-refractivity contribution in [2.45, 2.75) is 19.1 Å². The maximum absolute atomic E-state index is 6.13. The Morgan fingerprint density at radius 3 is 2.22 bits per heavy atom. The number of hydrogen-bond donors (Lipinski definition) is 1. The fraction of sp³-hybridized carbons (Fsp3) is 0.200. The Labute approximate surface area is 108 Å². The third-order valence-electron chi connectivity index (χ3n) is 3.38. The molecule has 0 amide bonds. The van der Waals surface area contributed by atoms with Crippen LogP contribution in [0.3, 0.4) is 0 Å². The summed E-state index contributed by atoms with van der Waals surface area (Å²) in [5.41, 5.74) is 2.42. The van der Waals surface area contributed by atoms with Gasteiger partial charge in [0.2, 0.25) is 0 Å². The summed E-state index contributed by atoms with van der Waals surface area (Å²) in [7, 11) is -0.00796. The van der Waals surface area contributed by atoms with E-state index in [4.69, 9.17) is 4.65 Å². The van der Waals surface area contributed by atoms with Gasteiger partial charge in [-0.25, -0.2) is 0 Å². The number of hydrogen-bond acceptors (Lipinski definition) is 2. The summed E-state index contributed by atoms with van der Waals surface area (Å²) in [6.07, 6.45) is 0.122. The quantitative estimate of drug-likeness (QED) is 0.808. The van der Waals surface area contributed by atoms with Crippen LogP contribution >= 0.6 is 0 Å². The van der Waals surface area contributed by atoms with Crippen molar-refractivity contribution < 1.29 is 4.65 Å². The topological polar surface area (TPSA) is 21.3 Å². The van der Waals surface area contributed by atoms with Gasteiger partial charge in [0.25, 0.3) is 0 Å². The fourth-order valence-corrected chi connectivity index (χ4v) is 2.44. The third kappa shape index (κ3) is 2.19. The zero-order valence-corrected chi connectivity index (χ0v) is 10.4. The standard InChI is InChI=1S/C15H16BNO/c1-12-15(13-8-4-2-5-9-13)18-16(17-12)14-10-6-3-7-11-14/h2-12,15,17H,1H3/t12-,15+/m1/s1. The van der Waals surface area contributed by atoms with Crippen molar-refractivity contribution in [2.24, 2.45) is 0 Å². The molecule has 0 radical (unpaired) electrons. The van der Waals surface area contributed by atoms with Gasteiger partial charge in [-0.2, -0.15) is 0 Å². The molecule has 0 bridgehead atoms. The summed E-state index contributed by atoms with van der Waals surface area (Å²) in [6.45, 7) is 2.17. The summed E-state index contributed by atoms with van der Waals surface area (Å²) in [5.74, 6) is 0. The van der Waals surface area contributed by atoms with Crippen LogP contribution in [0, 0.1) is 0 Å². The average Bonchev–Trinajstić information content (AvgIpc) is 2.83. The van der Waals surface area contributed by atoms with Gasteiger partial charge in [0.15, 0.2) is 0 Å². The molecule has 2 aromatic carbocycles. The van der Waals surface area contributed by atoms with Gasteiger partial charge >= 0.3 is 7.05 Å². The smallest absolute Gasteiger partial charge is 0.409 e. The Balaban J connectivity index is 1.81. The van der Waals surface area contributed by atoms with E-state index >= 15 is 0 Å². The van der Waals surface area contributed by atoms with E-state index in [-0.39, 0.29) is 13.2 Å². The third-order valence-corrected chi connectivity index (χ3v) is 3.38. The summed E-state index contributed by atoms with van der Waals surface area (Å²) in [5, 5.41) is 3.50. The van der Waals surface area contributed by atoms with E-state index in [9.17, 15) is 0 Å². The molecule has 0 aliphatic carbocycles. The second-order valence-corrected chi connectivity index (χ2v) is 4.71. The molecule has 1 saturated heterocycles. The average molecular weight is 237 g/mol. The molecule has 1 aliphatic rings. The van der Waals surface area contributed by atoms with Crippen LogP contribution in [0.1, 0.15) is 18.6 Å². The Kier molecular flexibility index (Phi) is 3.18. The van der Waals surface area contributed by atoms with Gasteiger partial charge in [-0.05, 0) is 17.9 Å². The van der Waals surface area contributed by atoms with E-state index in [0.29, 0.717) is 6.04 Å². The summed E-state index contributed by atoms with van der Waals surface area (Å²) < 4.78 is 6.13. The normalized spacial score (nSPS) is 23.3. The lowest BCUT2D eigenvalue weighted by Crippen LogP contribution is -2.43. The van der Waals surface area contributed by atoms with Crippen LogP contribution in [-0.2, 0) is 4.65 Å². The predicted octanol–water partition coefficient (Wildman–Crippen LogP) is 2.13.